The van der Waals surface area contributed by atoms with Gasteiger partial charge in [-0.3, -0.25) is 4.79 Å². The molecule has 0 N–H and O–H groups in total. The van der Waals surface area contributed by atoms with E-state index in [1.54, 1.807) is 0 Å². The van der Waals surface area contributed by atoms with Crippen LogP contribution in [0.1, 0.15) is 30.1 Å². The van der Waals surface area contributed by atoms with E-state index in [-0.39, 0.29) is 11.3 Å². The molecule has 5 nitrogen and oxygen atoms in total. The van der Waals surface area contributed by atoms with E-state index in [4.69, 9.17) is 9.47 Å². The van der Waals surface area contributed by atoms with Crippen molar-refractivity contribution < 1.29 is 14.3 Å². The standard InChI is InChI=1S/C20H30N2O3/c1-4-25-18-8-6-5-7-17(18)19(23)22-14-16(13-21(2)3)20(15-22)9-11-24-12-10-20/h5-8,16H,4,9-15H2,1-3H3. The van der Waals surface area contributed by atoms with E-state index in [0.29, 0.717) is 23.8 Å². The van der Waals surface area contributed by atoms with Gasteiger partial charge >= 0.3 is 0 Å². The van der Waals surface area contributed by atoms with E-state index in [0.717, 1.165) is 45.7 Å². The molecule has 2 aliphatic rings. The zero-order valence-corrected chi connectivity index (χ0v) is 15.7. The number of carbonyl (C=O) groups excluding carboxylic acids is 1. The first-order valence-corrected chi connectivity index (χ1v) is 9.29. The van der Waals surface area contributed by atoms with Gasteiger partial charge in [0.05, 0.1) is 12.2 Å². The maximum atomic E-state index is 13.2. The molecular weight excluding hydrogens is 316 g/mol. The first kappa shape index (κ1) is 18.2. The topological polar surface area (TPSA) is 42.0 Å². The van der Waals surface area contributed by atoms with Crippen molar-refractivity contribution in [2.75, 3.05) is 53.6 Å². The number of likely N-dealkylation sites (tertiary alicyclic amines) is 1. The Bertz CT molecular complexity index is 596. The molecule has 2 aliphatic heterocycles. The van der Waals surface area contributed by atoms with Crippen LogP contribution in [0.4, 0.5) is 0 Å². The molecule has 138 valence electrons. The lowest BCUT2D eigenvalue weighted by Crippen LogP contribution is -2.40. The fraction of sp³-hybridized carbons (Fsp3) is 0.650. The summed E-state index contributed by atoms with van der Waals surface area (Å²) in [4.78, 5) is 17.5. The smallest absolute Gasteiger partial charge is 0.257 e. The van der Waals surface area contributed by atoms with Gasteiger partial charge in [0.25, 0.3) is 5.91 Å². The van der Waals surface area contributed by atoms with Gasteiger partial charge in [0, 0.05) is 32.8 Å². The highest BCUT2D eigenvalue weighted by Crippen LogP contribution is 2.45. The zero-order valence-electron chi connectivity index (χ0n) is 15.7. The zero-order chi connectivity index (χ0) is 17.9. The quantitative estimate of drug-likeness (QED) is 0.822. The molecule has 1 aromatic carbocycles. The highest BCUT2D eigenvalue weighted by Gasteiger charge is 2.48. The molecule has 1 amide bonds. The Morgan fingerprint density at radius 2 is 2.04 bits per heavy atom. The second kappa shape index (κ2) is 7.75. The second-order valence-corrected chi connectivity index (χ2v) is 7.55. The number of hydrogen-bond donors (Lipinski definition) is 0. The van der Waals surface area contributed by atoms with Crippen LogP contribution in [-0.4, -0.2) is 69.3 Å². The third-order valence-corrected chi connectivity index (χ3v) is 5.59. The van der Waals surface area contributed by atoms with Crippen molar-refractivity contribution in [3.05, 3.63) is 29.8 Å². The molecule has 5 heteroatoms. The monoisotopic (exact) mass is 346 g/mol. The molecule has 25 heavy (non-hydrogen) atoms. The highest BCUT2D eigenvalue weighted by molar-refractivity contribution is 5.97. The lowest BCUT2D eigenvalue weighted by Gasteiger charge is -2.38. The maximum Gasteiger partial charge on any atom is 0.257 e. The molecule has 1 atom stereocenters. The summed E-state index contributed by atoms with van der Waals surface area (Å²) in [6.07, 6.45) is 2.09. The van der Waals surface area contributed by atoms with Crippen molar-refractivity contribution >= 4 is 5.91 Å². The van der Waals surface area contributed by atoms with Crippen LogP contribution in [-0.2, 0) is 4.74 Å². The minimum absolute atomic E-state index is 0.0937. The minimum atomic E-state index is 0.0937. The number of amides is 1. The molecule has 0 saturated carbocycles. The summed E-state index contributed by atoms with van der Waals surface area (Å²) in [5.41, 5.74) is 0.871. The number of nitrogens with zero attached hydrogens (tertiary/aromatic N) is 2. The summed E-state index contributed by atoms with van der Waals surface area (Å²) in [7, 11) is 4.23. The largest absolute Gasteiger partial charge is 0.493 e. The summed E-state index contributed by atoms with van der Waals surface area (Å²) in [5.74, 6) is 1.28. The fourth-order valence-electron chi connectivity index (χ4n) is 4.32. The van der Waals surface area contributed by atoms with Gasteiger partial charge in [-0.15, -0.1) is 0 Å². The molecule has 0 bridgehead atoms. The molecule has 1 aromatic rings. The van der Waals surface area contributed by atoms with Crippen molar-refractivity contribution in [1.29, 1.82) is 0 Å². The Hall–Kier alpha value is -1.59. The van der Waals surface area contributed by atoms with Crippen molar-refractivity contribution in [3.8, 4) is 5.75 Å². The van der Waals surface area contributed by atoms with Crippen LogP contribution in [0.2, 0.25) is 0 Å². The van der Waals surface area contributed by atoms with Gasteiger partial charge in [0.15, 0.2) is 0 Å². The highest BCUT2D eigenvalue weighted by atomic mass is 16.5. The average molecular weight is 346 g/mol. The van der Waals surface area contributed by atoms with Crippen LogP contribution in [0.5, 0.6) is 5.75 Å². The Morgan fingerprint density at radius 3 is 2.72 bits per heavy atom. The van der Waals surface area contributed by atoms with E-state index in [1.807, 2.05) is 36.1 Å². The van der Waals surface area contributed by atoms with Crippen molar-refractivity contribution in [1.82, 2.24) is 9.80 Å². The van der Waals surface area contributed by atoms with Crippen LogP contribution in [0.25, 0.3) is 0 Å². The normalized spacial score (nSPS) is 22.6. The Morgan fingerprint density at radius 1 is 1.32 bits per heavy atom. The lowest BCUT2D eigenvalue weighted by atomic mass is 9.72. The number of ether oxygens (including phenoxy) is 2. The molecule has 2 heterocycles. The SMILES string of the molecule is CCOc1ccccc1C(=O)N1CC(CN(C)C)C2(CCOCC2)C1. The van der Waals surface area contributed by atoms with Crippen LogP contribution in [0, 0.1) is 11.3 Å². The van der Waals surface area contributed by atoms with Crippen molar-refractivity contribution in [2.45, 2.75) is 19.8 Å². The van der Waals surface area contributed by atoms with E-state index in [1.165, 1.54) is 0 Å². The van der Waals surface area contributed by atoms with Gasteiger partial charge in [-0.05, 0) is 57.3 Å². The molecule has 1 unspecified atom stereocenters. The minimum Gasteiger partial charge on any atom is -0.493 e. The van der Waals surface area contributed by atoms with Crippen LogP contribution in [0.15, 0.2) is 24.3 Å². The summed E-state index contributed by atoms with van der Waals surface area (Å²) < 4.78 is 11.3. The van der Waals surface area contributed by atoms with E-state index in [9.17, 15) is 4.79 Å². The maximum absolute atomic E-state index is 13.2. The number of rotatable bonds is 5. The second-order valence-electron chi connectivity index (χ2n) is 7.55. The summed E-state index contributed by atoms with van der Waals surface area (Å²) >= 11 is 0. The molecular formula is C20H30N2O3. The number of benzene rings is 1. The molecule has 2 saturated heterocycles. The predicted molar refractivity (Wildman–Crippen MR) is 98.0 cm³/mol. The van der Waals surface area contributed by atoms with Crippen molar-refractivity contribution in [3.63, 3.8) is 0 Å². The van der Waals surface area contributed by atoms with Crippen LogP contribution in [0.3, 0.4) is 0 Å². The lowest BCUT2D eigenvalue weighted by molar-refractivity contribution is -0.00452. The Labute approximate surface area is 150 Å². The fourth-order valence-corrected chi connectivity index (χ4v) is 4.32. The molecule has 1 spiro atoms. The predicted octanol–water partition coefficient (Wildman–Crippen LogP) is 2.52. The van der Waals surface area contributed by atoms with E-state index < -0.39 is 0 Å². The summed E-state index contributed by atoms with van der Waals surface area (Å²) in [5, 5.41) is 0. The number of para-hydroxylation sites is 1. The van der Waals surface area contributed by atoms with E-state index >= 15 is 0 Å². The van der Waals surface area contributed by atoms with Gasteiger partial charge in [0.2, 0.25) is 0 Å². The van der Waals surface area contributed by atoms with Gasteiger partial charge in [-0.1, -0.05) is 12.1 Å². The average Bonchev–Trinajstić information content (AvgIpc) is 2.93. The van der Waals surface area contributed by atoms with E-state index in [2.05, 4.69) is 19.0 Å². The van der Waals surface area contributed by atoms with Crippen LogP contribution >= 0.6 is 0 Å². The molecule has 2 fully saturated rings. The first-order chi connectivity index (χ1) is 12.1. The van der Waals surface area contributed by atoms with Gasteiger partial charge in [0.1, 0.15) is 5.75 Å². The Balaban J connectivity index is 1.82. The van der Waals surface area contributed by atoms with Gasteiger partial charge < -0.3 is 19.3 Å². The third kappa shape index (κ3) is 3.82. The van der Waals surface area contributed by atoms with Gasteiger partial charge in [-0.2, -0.15) is 0 Å². The third-order valence-electron chi connectivity index (χ3n) is 5.59. The molecule has 0 radical (unpaired) electrons. The number of hydrogen-bond acceptors (Lipinski definition) is 4. The molecule has 0 aliphatic carbocycles. The summed E-state index contributed by atoms with van der Waals surface area (Å²) in [6.45, 7) is 6.78. The summed E-state index contributed by atoms with van der Waals surface area (Å²) in [6, 6.07) is 7.59. The number of carbonyl (C=O) groups is 1. The van der Waals surface area contributed by atoms with Gasteiger partial charge in [-0.25, -0.2) is 0 Å². The Kier molecular flexibility index (Phi) is 5.64. The molecule has 3 rings (SSSR count). The molecule has 0 aromatic heterocycles. The first-order valence-electron chi connectivity index (χ1n) is 9.29. The van der Waals surface area contributed by atoms with Crippen molar-refractivity contribution in [2.24, 2.45) is 11.3 Å². The van der Waals surface area contributed by atoms with Crippen LogP contribution < -0.4 is 4.74 Å².